The lowest BCUT2D eigenvalue weighted by Gasteiger charge is -2.09. The van der Waals surface area contributed by atoms with E-state index >= 15 is 0 Å². The number of nitrogens with zero attached hydrogens (tertiary/aromatic N) is 5. The van der Waals surface area contributed by atoms with E-state index in [4.69, 9.17) is 0 Å². The largest absolute Gasteiger partial charge is 0.433 e. The van der Waals surface area contributed by atoms with Gasteiger partial charge in [0.15, 0.2) is 11.3 Å². The summed E-state index contributed by atoms with van der Waals surface area (Å²) in [5.74, 6) is -0.667. The van der Waals surface area contributed by atoms with E-state index in [1.54, 1.807) is 18.7 Å². The Morgan fingerprint density at radius 2 is 2.00 bits per heavy atom. The van der Waals surface area contributed by atoms with E-state index in [0.29, 0.717) is 15.9 Å². The minimum absolute atomic E-state index is 0.0830. The number of alkyl halides is 3. The summed E-state index contributed by atoms with van der Waals surface area (Å²) in [5.41, 5.74) is 0.00450. The number of hydrogen-bond acceptors (Lipinski definition) is 4. The Hall–Kier alpha value is -2.43. The Labute approximate surface area is 148 Å². The third-order valence-electron chi connectivity index (χ3n) is 3.65. The van der Waals surface area contributed by atoms with Crippen LogP contribution < -0.4 is 5.32 Å². The molecule has 11 heteroatoms. The molecule has 0 spiro atoms. The Morgan fingerprint density at radius 1 is 1.32 bits per heavy atom. The summed E-state index contributed by atoms with van der Waals surface area (Å²) in [5, 5.41) is 10.4. The van der Waals surface area contributed by atoms with Gasteiger partial charge in [-0.15, -0.1) is 0 Å². The average molecular weight is 417 g/mol. The standard InChI is InChI=1S/C14H12BrF3N6O/c1-6-4-9(14(16,17)18)24-12(20-6)10(15)11(22-24)13(25)21-8-5-19-23(3)7(8)2/h4-5H,1-3H3,(H,21,25). The first-order chi connectivity index (χ1) is 11.6. The molecule has 0 aliphatic rings. The molecule has 132 valence electrons. The molecule has 0 saturated heterocycles. The molecule has 0 saturated carbocycles. The van der Waals surface area contributed by atoms with Gasteiger partial charge in [-0.25, -0.2) is 9.50 Å². The zero-order valence-electron chi connectivity index (χ0n) is 13.3. The number of amides is 1. The summed E-state index contributed by atoms with van der Waals surface area (Å²) in [6, 6.07) is 0.874. The van der Waals surface area contributed by atoms with Gasteiger partial charge in [-0.1, -0.05) is 0 Å². The number of rotatable bonds is 2. The monoisotopic (exact) mass is 416 g/mol. The molecular weight excluding hydrogens is 405 g/mol. The third kappa shape index (κ3) is 2.99. The number of aryl methyl sites for hydroxylation is 2. The number of anilines is 1. The van der Waals surface area contributed by atoms with Gasteiger partial charge in [0, 0.05) is 12.7 Å². The Kier molecular flexibility index (Phi) is 4.06. The van der Waals surface area contributed by atoms with E-state index in [2.05, 4.69) is 36.4 Å². The number of nitrogens with one attached hydrogen (secondary N) is 1. The molecule has 3 rings (SSSR count). The number of carbonyl (C=O) groups excluding carboxylic acids is 1. The minimum Gasteiger partial charge on any atom is -0.318 e. The number of carbonyl (C=O) groups is 1. The number of halogens is 4. The Bertz CT molecular complexity index is 991. The van der Waals surface area contributed by atoms with Gasteiger partial charge < -0.3 is 5.32 Å². The minimum atomic E-state index is -4.63. The molecule has 25 heavy (non-hydrogen) atoms. The highest BCUT2D eigenvalue weighted by Crippen LogP contribution is 2.32. The second kappa shape index (κ2) is 5.83. The Balaban J connectivity index is 2.10. The van der Waals surface area contributed by atoms with Crippen LogP contribution in [-0.4, -0.2) is 30.3 Å². The molecule has 3 aromatic heterocycles. The van der Waals surface area contributed by atoms with Crippen LogP contribution in [0.25, 0.3) is 5.65 Å². The number of hydrogen-bond donors (Lipinski definition) is 1. The van der Waals surface area contributed by atoms with Crippen LogP contribution >= 0.6 is 15.9 Å². The lowest BCUT2D eigenvalue weighted by Crippen LogP contribution is -2.16. The maximum atomic E-state index is 13.2. The van der Waals surface area contributed by atoms with Crippen LogP contribution in [0.3, 0.4) is 0 Å². The molecular formula is C14H12BrF3N6O. The normalized spacial score (nSPS) is 12.0. The smallest absolute Gasteiger partial charge is 0.318 e. The van der Waals surface area contributed by atoms with Gasteiger partial charge >= 0.3 is 6.18 Å². The topological polar surface area (TPSA) is 77.1 Å². The molecule has 0 aliphatic carbocycles. The average Bonchev–Trinajstić information content (AvgIpc) is 3.00. The molecule has 7 nitrogen and oxygen atoms in total. The van der Waals surface area contributed by atoms with Crippen LogP contribution in [0.1, 0.15) is 27.6 Å². The fraction of sp³-hybridized carbons (Fsp3) is 0.286. The van der Waals surface area contributed by atoms with Crippen molar-refractivity contribution < 1.29 is 18.0 Å². The van der Waals surface area contributed by atoms with Crippen molar-refractivity contribution in [2.45, 2.75) is 20.0 Å². The van der Waals surface area contributed by atoms with Crippen molar-refractivity contribution in [3.63, 3.8) is 0 Å². The fourth-order valence-electron chi connectivity index (χ4n) is 2.26. The van der Waals surface area contributed by atoms with Crippen molar-refractivity contribution in [1.29, 1.82) is 0 Å². The van der Waals surface area contributed by atoms with Crippen molar-refractivity contribution >= 4 is 33.2 Å². The van der Waals surface area contributed by atoms with Gasteiger partial charge in [0.05, 0.1) is 22.1 Å². The predicted molar refractivity (Wildman–Crippen MR) is 86.3 cm³/mol. The maximum absolute atomic E-state index is 13.2. The van der Waals surface area contributed by atoms with E-state index in [-0.39, 0.29) is 21.5 Å². The van der Waals surface area contributed by atoms with Crippen LogP contribution in [0.5, 0.6) is 0 Å². The van der Waals surface area contributed by atoms with E-state index in [0.717, 1.165) is 6.07 Å². The molecule has 1 amide bonds. The summed E-state index contributed by atoms with van der Waals surface area (Å²) in [6.07, 6.45) is -3.19. The van der Waals surface area contributed by atoms with Crippen molar-refractivity contribution in [1.82, 2.24) is 24.4 Å². The zero-order chi connectivity index (χ0) is 18.5. The maximum Gasteiger partial charge on any atom is 0.433 e. The molecule has 0 unspecified atom stereocenters. The lowest BCUT2D eigenvalue weighted by molar-refractivity contribution is -0.142. The molecule has 0 aliphatic heterocycles. The van der Waals surface area contributed by atoms with E-state index < -0.39 is 17.8 Å². The van der Waals surface area contributed by atoms with Crippen molar-refractivity contribution in [2.75, 3.05) is 5.32 Å². The van der Waals surface area contributed by atoms with Crippen molar-refractivity contribution in [3.05, 3.63) is 39.5 Å². The molecule has 0 aromatic carbocycles. The van der Waals surface area contributed by atoms with E-state index in [9.17, 15) is 18.0 Å². The summed E-state index contributed by atoms with van der Waals surface area (Å²) in [7, 11) is 1.70. The van der Waals surface area contributed by atoms with Crippen LogP contribution in [-0.2, 0) is 13.2 Å². The Morgan fingerprint density at radius 3 is 2.56 bits per heavy atom. The van der Waals surface area contributed by atoms with Crippen molar-refractivity contribution in [3.8, 4) is 0 Å². The van der Waals surface area contributed by atoms with Crippen molar-refractivity contribution in [2.24, 2.45) is 7.05 Å². The van der Waals surface area contributed by atoms with Crippen LogP contribution in [0.4, 0.5) is 18.9 Å². The zero-order valence-corrected chi connectivity index (χ0v) is 14.9. The highest BCUT2D eigenvalue weighted by molar-refractivity contribution is 9.10. The molecule has 0 fully saturated rings. The third-order valence-corrected chi connectivity index (χ3v) is 4.38. The highest BCUT2D eigenvalue weighted by atomic mass is 79.9. The lowest BCUT2D eigenvalue weighted by atomic mass is 10.3. The molecule has 0 radical (unpaired) electrons. The molecule has 3 aromatic rings. The van der Waals surface area contributed by atoms with Gasteiger partial charge in [-0.3, -0.25) is 9.48 Å². The van der Waals surface area contributed by atoms with E-state index in [1.807, 2.05) is 0 Å². The molecule has 1 N–H and O–H groups in total. The molecule has 0 atom stereocenters. The summed E-state index contributed by atoms with van der Waals surface area (Å²) < 4.78 is 41.9. The first-order valence-corrected chi connectivity index (χ1v) is 7.82. The predicted octanol–water partition coefficient (Wildman–Crippen LogP) is 3.11. The second-order valence-electron chi connectivity index (χ2n) is 5.40. The fourth-order valence-corrected chi connectivity index (χ4v) is 2.78. The summed E-state index contributed by atoms with van der Waals surface area (Å²) in [6.45, 7) is 3.18. The second-order valence-corrected chi connectivity index (χ2v) is 6.19. The van der Waals surface area contributed by atoms with Crippen LogP contribution in [0.2, 0.25) is 0 Å². The molecule has 0 bridgehead atoms. The first-order valence-electron chi connectivity index (χ1n) is 7.02. The van der Waals surface area contributed by atoms with Gasteiger partial charge in [0.1, 0.15) is 5.69 Å². The number of aromatic nitrogens is 5. The van der Waals surface area contributed by atoms with Gasteiger partial charge in [0.2, 0.25) is 0 Å². The van der Waals surface area contributed by atoms with Gasteiger partial charge in [-0.2, -0.15) is 23.4 Å². The molecule has 3 heterocycles. The summed E-state index contributed by atoms with van der Waals surface area (Å²) in [4.78, 5) is 16.5. The highest BCUT2D eigenvalue weighted by Gasteiger charge is 2.36. The van der Waals surface area contributed by atoms with Gasteiger partial charge in [-0.05, 0) is 35.8 Å². The number of fused-ring (bicyclic) bond motifs is 1. The van der Waals surface area contributed by atoms with Crippen LogP contribution in [0.15, 0.2) is 16.7 Å². The quantitative estimate of drug-likeness (QED) is 0.696. The summed E-state index contributed by atoms with van der Waals surface area (Å²) >= 11 is 3.13. The van der Waals surface area contributed by atoms with E-state index in [1.165, 1.54) is 13.1 Å². The van der Waals surface area contributed by atoms with Crippen LogP contribution in [0, 0.1) is 13.8 Å². The van der Waals surface area contributed by atoms with Gasteiger partial charge in [0.25, 0.3) is 5.91 Å². The SMILES string of the molecule is Cc1cc(C(F)(F)F)n2nc(C(=O)Nc3cnn(C)c3C)c(Br)c2n1. The first kappa shape index (κ1) is 17.4.